The van der Waals surface area contributed by atoms with E-state index in [0.717, 1.165) is 0 Å². The highest BCUT2D eigenvalue weighted by Gasteiger charge is 2.38. The number of piperidine rings is 1. The third-order valence-corrected chi connectivity index (χ3v) is 5.36. The maximum absolute atomic E-state index is 13.3. The average molecular weight is 369 g/mol. The second kappa shape index (κ2) is 7.44. The summed E-state index contributed by atoms with van der Waals surface area (Å²) in [6, 6.07) is 3.10. The van der Waals surface area contributed by atoms with E-state index in [1.807, 2.05) is 4.90 Å². The molecule has 1 aromatic heterocycles. The first-order valence-corrected chi connectivity index (χ1v) is 9.08. The van der Waals surface area contributed by atoms with Crippen LogP contribution >= 0.6 is 0 Å². The average Bonchev–Trinajstić information content (AvgIpc) is 2.79. The summed E-state index contributed by atoms with van der Waals surface area (Å²) in [5, 5.41) is 10.9. The van der Waals surface area contributed by atoms with E-state index >= 15 is 0 Å². The highest BCUT2D eigenvalue weighted by molar-refractivity contribution is 5.93. The first kappa shape index (κ1) is 19.0. The van der Waals surface area contributed by atoms with Crippen LogP contribution in [0.4, 0.5) is 8.78 Å². The second-order valence-electron chi connectivity index (χ2n) is 7.42. The van der Waals surface area contributed by atoms with Gasteiger partial charge >= 0.3 is 0 Å². The van der Waals surface area contributed by atoms with Crippen molar-refractivity contribution in [2.24, 2.45) is 0 Å². The number of carbonyl (C=O) groups excluding carboxylic acids is 1. The number of alkyl halides is 2. The smallest absolute Gasteiger partial charge is 0.260 e. The molecule has 6 nitrogen and oxygen atoms in total. The number of nitrogens with zero attached hydrogens (tertiary/aromatic N) is 2. The summed E-state index contributed by atoms with van der Waals surface area (Å²) in [7, 11) is 0. The maximum atomic E-state index is 13.3. The van der Waals surface area contributed by atoms with Gasteiger partial charge in [0.1, 0.15) is 5.56 Å². The van der Waals surface area contributed by atoms with Gasteiger partial charge in [-0.2, -0.15) is 0 Å². The van der Waals surface area contributed by atoms with E-state index in [2.05, 4.69) is 4.98 Å². The molecule has 0 unspecified atom stereocenters. The number of pyridine rings is 1. The van der Waals surface area contributed by atoms with Gasteiger partial charge in [-0.1, -0.05) is 0 Å². The van der Waals surface area contributed by atoms with Crippen molar-refractivity contribution in [3.8, 4) is 0 Å². The zero-order valence-corrected chi connectivity index (χ0v) is 14.7. The van der Waals surface area contributed by atoms with Crippen molar-refractivity contribution in [1.29, 1.82) is 0 Å². The normalized spacial score (nSPS) is 27.1. The van der Waals surface area contributed by atoms with Gasteiger partial charge in [0, 0.05) is 51.8 Å². The van der Waals surface area contributed by atoms with E-state index in [-0.39, 0.29) is 37.4 Å². The van der Waals surface area contributed by atoms with Crippen LogP contribution in [0.25, 0.3) is 0 Å². The van der Waals surface area contributed by atoms with E-state index in [1.54, 1.807) is 11.0 Å². The minimum atomic E-state index is -2.60. The molecule has 1 atom stereocenters. The highest BCUT2D eigenvalue weighted by Crippen LogP contribution is 2.30. The number of amides is 1. The number of H-pyrrole nitrogens is 1. The van der Waals surface area contributed by atoms with Gasteiger partial charge in [0.2, 0.25) is 0 Å². The predicted molar refractivity (Wildman–Crippen MR) is 92.4 cm³/mol. The molecule has 2 aliphatic rings. The van der Waals surface area contributed by atoms with Crippen molar-refractivity contribution in [2.45, 2.75) is 43.6 Å². The molecule has 0 saturated carbocycles. The number of aromatic nitrogens is 1. The van der Waals surface area contributed by atoms with Crippen LogP contribution in [0.2, 0.25) is 0 Å². The highest BCUT2D eigenvalue weighted by atomic mass is 19.3. The van der Waals surface area contributed by atoms with Crippen molar-refractivity contribution in [1.82, 2.24) is 14.8 Å². The van der Waals surface area contributed by atoms with Gasteiger partial charge in [-0.3, -0.25) is 9.59 Å². The van der Waals surface area contributed by atoms with Crippen LogP contribution in [0.1, 0.15) is 42.5 Å². The summed E-state index contributed by atoms with van der Waals surface area (Å²) in [5.41, 5.74) is -1.33. The maximum Gasteiger partial charge on any atom is 0.260 e. The van der Waals surface area contributed by atoms with Gasteiger partial charge in [0.05, 0.1) is 5.60 Å². The Morgan fingerprint density at radius 2 is 1.88 bits per heavy atom. The third kappa shape index (κ3) is 4.48. The summed E-state index contributed by atoms with van der Waals surface area (Å²) in [5.74, 6) is -2.94. The van der Waals surface area contributed by atoms with Gasteiger partial charge < -0.3 is 19.9 Å². The lowest BCUT2D eigenvalue weighted by molar-refractivity contribution is -0.0768. The molecule has 0 aromatic carbocycles. The van der Waals surface area contributed by atoms with Crippen molar-refractivity contribution < 1.29 is 18.7 Å². The molecule has 8 heteroatoms. The van der Waals surface area contributed by atoms with Crippen molar-refractivity contribution in [3.05, 3.63) is 34.2 Å². The van der Waals surface area contributed by atoms with E-state index < -0.39 is 17.1 Å². The van der Waals surface area contributed by atoms with Gasteiger partial charge in [-0.25, -0.2) is 8.78 Å². The predicted octanol–water partition coefficient (Wildman–Crippen LogP) is 1.46. The van der Waals surface area contributed by atoms with Crippen molar-refractivity contribution >= 4 is 5.91 Å². The number of hydrogen-bond acceptors (Lipinski definition) is 4. The van der Waals surface area contributed by atoms with E-state index in [4.69, 9.17) is 0 Å². The van der Waals surface area contributed by atoms with Crippen LogP contribution in [-0.4, -0.2) is 70.0 Å². The molecule has 2 saturated heterocycles. The Labute approximate surface area is 150 Å². The minimum Gasteiger partial charge on any atom is -0.388 e. The Morgan fingerprint density at radius 1 is 1.15 bits per heavy atom. The molecule has 0 spiro atoms. The van der Waals surface area contributed by atoms with Crippen LogP contribution in [0.15, 0.2) is 23.1 Å². The number of nitrogens with one attached hydrogen (secondary N) is 1. The van der Waals surface area contributed by atoms with Crippen LogP contribution in [0.5, 0.6) is 0 Å². The van der Waals surface area contributed by atoms with E-state index in [1.165, 1.54) is 12.3 Å². The lowest BCUT2D eigenvalue weighted by Crippen LogP contribution is -2.48. The fraction of sp³-hybridized carbons (Fsp3) is 0.667. The van der Waals surface area contributed by atoms with Gasteiger partial charge in [-0.05, 0) is 31.4 Å². The quantitative estimate of drug-likeness (QED) is 0.846. The molecule has 3 rings (SSSR count). The number of rotatable bonds is 3. The van der Waals surface area contributed by atoms with Gasteiger partial charge in [0.15, 0.2) is 0 Å². The van der Waals surface area contributed by atoms with Crippen LogP contribution in [0, 0.1) is 0 Å². The fourth-order valence-electron chi connectivity index (χ4n) is 3.75. The second-order valence-corrected chi connectivity index (χ2v) is 7.42. The number of likely N-dealkylation sites (tertiary alicyclic amines) is 2. The molecule has 1 aromatic rings. The number of hydrogen-bond donors (Lipinski definition) is 2. The molecule has 26 heavy (non-hydrogen) atoms. The minimum absolute atomic E-state index is 0.0937. The fourth-order valence-corrected chi connectivity index (χ4v) is 3.75. The van der Waals surface area contributed by atoms with Crippen molar-refractivity contribution in [3.63, 3.8) is 0 Å². The topological polar surface area (TPSA) is 76.6 Å². The van der Waals surface area contributed by atoms with Crippen LogP contribution in [0.3, 0.4) is 0 Å². The number of aromatic amines is 1. The standard InChI is InChI=1S/C18H25F2N3O3/c19-18(20)6-10-22(11-7-18)13-17(26)4-2-9-23(12-5-17)16(25)14-3-1-8-21-15(14)24/h1,3,8,26H,2,4-7,9-13H2,(H,21,24)/t17-/m1/s1. The Balaban J connectivity index is 1.60. The van der Waals surface area contributed by atoms with Gasteiger partial charge in [0.25, 0.3) is 17.4 Å². The zero-order chi connectivity index (χ0) is 18.8. The molecule has 144 valence electrons. The van der Waals surface area contributed by atoms with E-state index in [9.17, 15) is 23.5 Å². The lowest BCUT2D eigenvalue weighted by atomic mass is 9.93. The molecule has 1 amide bonds. The zero-order valence-electron chi connectivity index (χ0n) is 14.7. The van der Waals surface area contributed by atoms with Crippen LogP contribution in [-0.2, 0) is 0 Å². The molecule has 0 bridgehead atoms. The van der Waals surface area contributed by atoms with Crippen molar-refractivity contribution in [2.75, 3.05) is 32.7 Å². The van der Waals surface area contributed by atoms with Crippen LogP contribution < -0.4 is 5.56 Å². The first-order chi connectivity index (χ1) is 12.3. The molecular formula is C18H25F2N3O3. The summed E-state index contributed by atoms with van der Waals surface area (Å²) in [4.78, 5) is 30.4. The summed E-state index contributed by atoms with van der Waals surface area (Å²) >= 11 is 0. The Morgan fingerprint density at radius 3 is 2.58 bits per heavy atom. The third-order valence-electron chi connectivity index (χ3n) is 5.36. The summed E-state index contributed by atoms with van der Waals surface area (Å²) in [6.45, 7) is 1.70. The number of aliphatic hydroxyl groups is 1. The number of carbonyl (C=O) groups is 1. The summed E-state index contributed by atoms with van der Waals surface area (Å²) < 4.78 is 26.6. The molecule has 2 fully saturated rings. The molecule has 2 N–H and O–H groups in total. The Hall–Kier alpha value is -1.80. The number of β-amino-alcohol motifs (C(OH)–C–C–N with tert-alkyl or cyclic N) is 1. The Bertz CT molecular complexity index is 699. The molecule has 2 aliphatic heterocycles. The summed E-state index contributed by atoms with van der Waals surface area (Å²) in [6.07, 6.45) is 2.61. The SMILES string of the molecule is O=C(c1ccc[nH]c1=O)N1CCC[C@](O)(CN2CCC(F)(F)CC2)CC1. The molecule has 0 radical (unpaired) electrons. The largest absolute Gasteiger partial charge is 0.388 e. The lowest BCUT2D eigenvalue weighted by Gasteiger charge is -2.37. The molecule has 0 aliphatic carbocycles. The van der Waals surface area contributed by atoms with Gasteiger partial charge in [-0.15, -0.1) is 0 Å². The molecule has 3 heterocycles. The molecular weight excluding hydrogens is 344 g/mol. The number of halogens is 2. The first-order valence-electron chi connectivity index (χ1n) is 9.08. The monoisotopic (exact) mass is 369 g/mol. The Kier molecular flexibility index (Phi) is 5.43. The van der Waals surface area contributed by atoms with E-state index in [0.29, 0.717) is 38.9 Å².